The normalized spacial score (nSPS) is 16.7. The van der Waals surface area contributed by atoms with Gasteiger partial charge in [-0.05, 0) is 42.2 Å². The third-order valence-electron chi connectivity index (χ3n) is 3.54. The number of pyridine rings is 1. The van der Waals surface area contributed by atoms with E-state index in [1.54, 1.807) is 12.3 Å². The van der Waals surface area contributed by atoms with Crippen LogP contribution in [0.15, 0.2) is 36.5 Å². The molecule has 0 amide bonds. The maximum absolute atomic E-state index is 11.0. The van der Waals surface area contributed by atoms with Crippen molar-refractivity contribution >= 4 is 17.2 Å². The summed E-state index contributed by atoms with van der Waals surface area (Å²) in [5.41, 5.74) is 8.84. The Kier molecular flexibility index (Phi) is 2.98. The number of nitrogens with one attached hydrogen (secondary N) is 1. The summed E-state index contributed by atoms with van der Waals surface area (Å²) in [5.74, 6) is 0.312. The second-order valence-corrected chi connectivity index (χ2v) is 4.82. The molecule has 1 heterocycles. The molecule has 1 unspecified atom stereocenters. The number of rotatable bonds is 3. The zero-order valence-corrected chi connectivity index (χ0v) is 10.7. The van der Waals surface area contributed by atoms with Gasteiger partial charge in [-0.15, -0.1) is 0 Å². The summed E-state index contributed by atoms with van der Waals surface area (Å²) in [7, 11) is 0. The topological polar surface area (TPSA) is 94.1 Å². The van der Waals surface area contributed by atoms with Crippen LogP contribution < -0.4 is 11.1 Å². The smallest absolute Gasteiger partial charge is 0.311 e. The Morgan fingerprint density at radius 1 is 1.40 bits per heavy atom. The highest BCUT2D eigenvalue weighted by Crippen LogP contribution is 2.36. The lowest BCUT2D eigenvalue weighted by Crippen LogP contribution is -2.10. The molecule has 0 radical (unpaired) electrons. The third kappa shape index (κ3) is 2.16. The molecule has 3 rings (SSSR count). The lowest BCUT2D eigenvalue weighted by Gasteiger charge is -2.14. The first-order valence-corrected chi connectivity index (χ1v) is 6.39. The maximum Gasteiger partial charge on any atom is 0.311 e. The average molecular weight is 270 g/mol. The lowest BCUT2D eigenvalue weighted by molar-refractivity contribution is -0.384. The molecule has 102 valence electrons. The predicted molar refractivity (Wildman–Crippen MR) is 76.4 cm³/mol. The summed E-state index contributed by atoms with van der Waals surface area (Å²) in [6, 6.07) is 8.85. The molecule has 0 fully saturated rings. The van der Waals surface area contributed by atoms with Gasteiger partial charge in [0, 0.05) is 18.0 Å². The second kappa shape index (κ2) is 4.80. The molecule has 20 heavy (non-hydrogen) atoms. The van der Waals surface area contributed by atoms with Crippen molar-refractivity contribution in [1.82, 2.24) is 4.98 Å². The van der Waals surface area contributed by atoms with Crippen LogP contribution in [0.1, 0.15) is 23.6 Å². The minimum absolute atomic E-state index is 0.00334. The Labute approximate surface area is 115 Å². The van der Waals surface area contributed by atoms with Crippen LogP contribution in [0.2, 0.25) is 0 Å². The van der Waals surface area contributed by atoms with Crippen LogP contribution in [0.5, 0.6) is 0 Å². The Bertz CT molecular complexity index is 672. The fraction of sp³-hybridized carbons (Fsp3) is 0.214. The number of nitro groups is 1. The molecular formula is C14H14N4O2. The number of nitrogens with zero attached hydrogens (tertiary/aromatic N) is 2. The molecule has 6 nitrogen and oxygen atoms in total. The molecule has 1 aliphatic rings. The van der Waals surface area contributed by atoms with Crippen LogP contribution in [0.25, 0.3) is 0 Å². The molecule has 0 saturated heterocycles. The molecule has 0 bridgehead atoms. The minimum Gasteiger partial charge on any atom is -0.399 e. The van der Waals surface area contributed by atoms with E-state index in [0.717, 1.165) is 24.1 Å². The fourth-order valence-corrected chi connectivity index (χ4v) is 2.61. The Morgan fingerprint density at radius 2 is 2.25 bits per heavy atom. The van der Waals surface area contributed by atoms with E-state index in [2.05, 4.69) is 10.3 Å². The molecule has 0 saturated carbocycles. The van der Waals surface area contributed by atoms with E-state index >= 15 is 0 Å². The van der Waals surface area contributed by atoms with Crippen molar-refractivity contribution in [3.05, 3.63) is 57.8 Å². The zero-order chi connectivity index (χ0) is 14.1. The maximum atomic E-state index is 11.0. The first-order chi connectivity index (χ1) is 9.65. The van der Waals surface area contributed by atoms with Crippen molar-refractivity contribution in [2.24, 2.45) is 0 Å². The molecule has 6 heteroatoms. The monoisotopic (exact) mass is 270 g/mol. The van der Waals surface area contributed by atoms with E-state index in [0.29, 0.717) is 5.82 Å². The van der Waals surface area contributed by atoms with Crippen LogP contribution >= 0.6 is 0 Å². The summed E-state index contributed by atoms with van der Waals surface area (Å²) in [5, 5.41) is 14.2. The van der Waals surface area contributed by atoms with Gasteiger partial charge >= 0.3 is 5.69 Å². The predicted octanol–water partition coefficient (Wildman–Crippen LogP) is 2.67. The Hall–Kier alpha value is -2.63. The molecule has 1 aromatic heterocycles. The van der Waals surface area contributed by atoms with E-state index < -0.39 is 4.92 Å². The van der Waals surface area contributed by atoms with Gasteiger partial charge < -0.3 is 11.1 Å². The van der Waals surface area contributed by atoms with E-state index in [1.807, 2.05) is 18.2 Å². The highest BCUT2D eigenvalue weighted by Gasteiger charge is 2.25. The number of aromatic nitrogens is 1. The van der Waals surface area contributed by atoms with E-state index in [-0.39, 0.29) is 11.7 Å². The summed E-state index contributed by atoms with van der Waals surface area (Å²) >= 11 is 0. The number of hydrogen-bond donors (Lipinski definition) is 2. The standard InChI is InChI=1S/C14H14N4O2/c15-10-4-5-11-9(8-10)3-6-12(11)17-14-13(18(19)20)2-1-7-16-14/h1-2,4-5,7-8,12H,3,6,15H2,(H,16,17). The molecule has 1 atom stereocenters. The third-order valence-corrected chi connectivity index (χ3v) is 3.54. The average Bonchev–Trinajstić information content (AvgIpc) is 2.81. The summed E-state index contributed by atoms with van der Waals surface area (Å²) in [6.07, 6.45) is 3.35. The second-order valence-electron chi connectivity index (χ2n) is 4.82. The number of anilines is 2. The molecule has 1 aliphatic carbocycles. The molecule has 0 spiro atoms. The highest BCUT2D eigenvalue weighted by molar-refractivity contribution is 5.58. The van der Waals surface area contributed by atoms with Gasteiger partial charge in [0.25, 0.3) is 0 Å². The number of hydrogen-bond acceptors (Lipinski definition) is 5. The first-order valence-electron chi connectivity index (χ1n) is 6.39. The van der Waals surface area contributed by atoms with Gasteiger partial charge in [0.1, 0.15) is 0 Å². The van der Waals surface area contributed by atoms with Crippen molar-refractivity contribution in [2.75, 3.05) is 11.1 Å². The Balaban J connectivity index is 1.90. The number of nitrogens with two attached hydrogens (primary N) is 1. The summed E-state index contributed by atoms with van der Waals surface area (Å²) in [6.45, 7) is 0. The number of benzene rings is 1. The van der Waals surface area contributed by atoms with E-state index in [9.17, 15) is 10.1 Å². The van der Waals surface area contributed by atoms with Crippen LogP contribution in [-0.2, 0) is 6.42 Å². The molecule has 3 N–H and O–H groups in total. The molecule has 0 aliphatic heterocycles. The van der Waals surface area contributed by atoms with Crippen LogP contribution in [0, 0.1) is 10.1 Å². The number of aryl methyl sites for hydroxylation is 1. The fourth-order valence-electron chi connectivity index (χ4n) is 2.61. The highest BCUT2D eigenvalue weighted by atomic mass is 16.6. The van der Waals surface area contributed by atoms with Gasteiger partial charge in [-0.2, -0.15) is 0 Å². The zero-order valence-electron chi connectivity index (χ0n) is 10.7. The number of fused-ring (bicyclic) bond motifs is 1. The van der Waals surface area contributed by atoms with Crippen molar-refractivity contribution in [2.45, 2.75) is 18.9 Å². The quantitative estimate of drug-likeness (QED) is 0.508. The summed E-state index contributed by atoms with van der Waals surface area (Å²) < 4.78 is 0. The van der Waals surface area contributed by atoms with Crippen molar-refractivity contribution in [1.29, 1.82) is 0 Å². The van der Waals surface area contributed by atoms with Gasteiger partial charge in [0.15, 0.2) is 0 Å². The van der Waals surface area contributed by atoms with Crippen molar-refractivity contribution in [3.63, 3.8) is 0 Å². The van der Waals surface area contributed by atoms with Crippen LogP contribution in [-0.4, -0.2) is 9.91 Å². The number of nitrogen functional groups attached to an aromatic ring is 1. The largest absolute Gasteiger partial charge is 0.399 e. The first kappa shape index (κ1) is 12.4. The lowest BCUT2D eigenvalue weighted by atomic mass is 10.1. The Morgan fingerprint density at radius 3 is 3.05 bits per heavy atom. The molecule has 2 aromatic rings. The van der Waals surface area contributed by atoms with Gasteiger partial charge in [0.2, 0.25) is 5.82 Å². The van der Waals surface area contributed by atoms with E-state index in [1.165, 1.54) is 11.6 Å². The SMILES string of the molecule is Nc1ccc2c(c1)CCC2Nc1ncccc1[N+](=O)[O-]. The van der Waals surface area contributed by atoms with Crippen LogP contribution in [0.4, 0.5) is 17.2 Å². The van der Waals surface area contributed by atoms with Crippen molar-refractivity contribution < 1.29 is 4.92 Å². The van der Waals surface area contributed by atoms with Crippen molar-refractivity contribution in [3.8, 4) is 0 Å². The van der Waals surface area contributed by atoms with Gasteiger partial charge in [-0.3, -0.25) is 10.1 Å². The molecular weight excluding hydrogens is 256 g/mol. The van der Waals surface area contributed by atoms with Gasteiger partial charge in [-0.25, -0.2) is 4.98 Å². The van der Waals surface area contributed by atoms with E-state index in [4.69, 9.17) is 5.73 Å². The molecule has 1 aromatic carbocycles. The minimum atomic E-state index is -0.422. The van der Waals surface area contributed by atoms with Gasteiger partial charge in [-0.1, -0.05) is 6.07 Å². The van der Waals surface area contributed by atoms with Crippen LogP contribution in [0.3, 0.4) is 0 Å². The van der Waals surface area contributed by atoms with Gasteiger partial charge in [0.05, 0.1) is 11.0 Å². The summed E-state index contributed by atoms with van der Waals surface area (Å²) in [4.78, 5) is 14.6.